The molecule has 0 saturated carbocycles. The van der Waals surface area contributed by atoms with Crippen LogP contribution in [-0.2, 0) is 6.54 Å². The van der Waals surface area contributed by atoms with Gasteiger partial charge >= 0.3 is 0 Å². The van der Waals surface area contributed by atoms with E-state index in [1.165, 1.54) is 11.0 Å². The Hall–Kier alpha value is -2.62. The molecular formula is C17H15FN2O. The van der Waals surface area contributed by atoms with Crippen LogP contribution in [0.3, 0.4) is 0 Å². The minimum absolute atomic E-state index is 0.129. The number of nitrogens with one attached hydrogen (secondary N) is 1. The van der Waals surface area contributed by atoms with Crippen molar-refractivity contribution < 1.29 is 9.18 Å². The maximum absolute atomic E-state index is 13.7. The second-order valence-corrected chi connectivity index (χ2v) is 5.00. The zero-order chi connectivity index (χ0) is 14.8. The fourth-order valence-corrected chi connectivity index (χ4v) is 2.41. The molecule has 3 aromatic rings. The SMILES string of the molecule is CN(Cc1ccccc1F)C(=O)c1c[nH]c2ccccc12. The van der Waals surface area contributed by atoms with E-state index < -0.39 is 0 Å². The minimum atomic E-state index is -0.295. The Kier molecular flexibility index (Phi) is 3.44. The van der Waals surface area contributed by atoms with Gasteiger partial charge in [0.1, 0.15) is 5.82 Å². The highest BCUT2D eigenvalue weighted by Crippen LogP contribution is 2.20. The molecule has 3 nitrogen and oxygen atoms in total. The fourth-order valence-electron chi connectivity index (χ4n) is 2.41. The van der Waals surface area contributed by atoms with Gasteiger partial charge in [-0.05, 0) is 12.1 Å². The lowest BCUT2D eigenvalue weighted by molar-refractivity contribution is 0.0786. The quantitative estimate of drug-likeness (QED) is 0.783. The number of amides is 1. The number of H-pyrrole nitrogens is 1. The first-order chi connectivity index (χ1) is 10.2. The first-order valence-electron chi connectivity index (χ1n) is 6.72. The van der Waals surface area contributed by atoms with E-state index >= 15 is 0 Å². The number of rotatable bonds is 3. The summed E-state index contributed by atoms with van der Waals surface area (Å²) in [5.41, 5.74) is 2.03. The third kappa shape index (κ3) is 2.52. The van der Waals surface area contributed by atoms with Gasteiger partial charge in [0, 0.05) is 36.3 Å². The van der Waals surface area contributed by atoms with Crippen molar-refractivity contribution in [3.63, 3.8) is 0 Å². The van der Waals surface area contributed by atoms with Crippen molar-refractivity contribution >= 4 is 16.8 Å². The number of fused-ring (bicyclic) bond motifs is 1. The molecule has 1 heterocycles. The largest absolute Gasteiger partial charge is 0.360 e. The highest BCUT2D eigenvalue weighted by molar-refractivity contribution is 6.06. The highest BCUT2D eigenvalue weighted by atomic mass is 19.1. The predicted molar refractivity (Wildman–Crippen MR) is 80.5 cm³/mol. The molecule has 1 aromatic heterocycles. The van der Waals surface area contributed by atoms with E-state index in [-0.39, 0.29) is 18.3 Å². The average molecular weight is 282 g/mol. The number of halogens is 1. The van der Waals surface area contributed by atoms with Crippen LogP contribution in [0.2, 0.25) is 0 Å². The summed E-state index contributed by atoms with van der Waals surface area (Å²) in [5.74, 6) is -0.424. The van der Waals surface area contributed by atoms with Crippen LogP contribution in [0.25, 0.3) is 10.9 Å². The van der Waals surface area contributed by atoms with Gasteiger partial charge in [0.15, 0.2) is 0 Å². The van der Waals surface area contributed by atoms with Crippen molar-refractivity contribution in [1.29, 1.82) is 0 Å². The number of carbonyl (C=O) groups is 1. The first-order valence-corrected chi connectivity index (χ1v) is 6.72. The van der Waals surface area contributed by atoms with E-state index in [0.717, 1.165) is 10.9 Å². The van der Waals surface area contributed by atoms with Gasteiger partial charge in [-0.15, -0.1) is 0 Å². The second-order valence-electron chi connectivity index (χ2n) is 5.00. The van der Waals surface area contributed by atoms with Crippen LogP contribution in [0.15, 0.2) is 54.7 Å². The standard InChI is InChI=1S/C17H15FN2O/c1-20(11-12-6-2-4-8-15(12)18)17(21)14-10-19-16-9-5-3-7-13(14)16/h2-10,19H,11H2,1H3. The molecule has 0 fully saturated rings. The second kappa shape index (κ2) is 5.40. The Balaban J connectivity index is 1.86. The Morgan fingerprint density at radius 1 is 1.14 bits per heavy atom. The van der Waals surface area contributed by atoms with E-state index in [2.05, 4.69) is 4.98 Å². The van der Waals surface area contributed by atoms with Crippen molar-refractivity contribution in [2.24, 2.45) is 0 Å². The summed E-state index contributed by atoms with van der Waals surface area (Å²) in [6, 6.07) is 14.1. The van der Waals surface area contributed by atoms with Gasteiger partial charge in [-0.25, -0.2) is 4.39 Å². The van der Waals surface area contributed by atoms with Crippen LogP contribution < -0.4 is 0 Å². The molecule has 0 atom stereocenters. The summed E-state index contributed by atoms with van der Waals surface area (Å²) in [6.45, 7) is 0.241. The Labute approximate surface area is 122 Å². The molecule has 3 rings (SSSR count). The normalized spacial score (nSPS) is 10.8. The zero-order valence-corrected chi connectivity index (χ0v) is 11.6. The molecule has 0 spiro atoms. The molecule has 2 aromatic carbocycles. The molecule has 0 saturated heterocycles. The summed E-state index contributed by atoms with van der Waals surface area (Å²) in [4.78, 5) is 17.1. The number of para-hydroxylation sites is 1. The van der Waals surface area contributed by atoms with Crippen molar-refractivity contribution in [3.8, 4) is 0 Å². The summed E-state index contributed by atoms with van der Waals surface area (Å²) >= 11 is 0. The fraction of sp³-hybridized carbons (Fsp3) is 0.118. The highest BCUT2D eigenvalue weighted by Gasteiger charge is 2.17. The third-order valence-electron chi connectivity index (χ3n) is 3.53. The van der Waals surface area contributed by atoms with Crippen LogP contribution in [0.4, 0.5) is 4.39 Å². The van der Waals surface area contributed by atoms with Crippen molar-refractivity contribution in [3.05, 3.63) is 71.7 Å². The van der Waals surface area contributed by atoms with Crippen LogP contribution in [0, 0.1) is 5.82 Å². The van der Waals surface area contributed by atoms with E-state index in [4.69, 9.17) is 0 Å². The number of aromatic nitrogens is 1. The van der Waals surface area contributed by atoms with Gasteiger partial charge in [-0.1, -0.05) is 36.4 Å². The molecule has 106 valence electrons. The molecule has 0 aliphatic carbocycles. The molecule has 21 heavy (non-hydrogen) atoms. The van der Waals surface area contributed by atoms with Gasteiger partial charge in [-0.3, -0.25) is 4.79 Å². The molecule has 0 bridgehead atoms. The number of hydrogen-bond donors (Lipinski definition) is 1. The minimum Gasteiger partial charge on any atom is -0.360 e. The van der Waals surface area contributed by atoms with E-state index in [9.17, 15) is 9.18 Å². The maximum atomic E-state index is 13.7. The van der Waals surface area contributed by atoms with Gasteiger partial charge in [-0.2, -0.15) is 0 Å². The van der Waals surface area contributed by atoms with Gasteiger partial charge in [0.25, 0.3) is 5.91 Å². The number of benzene rings is 2. The van der Waals surface area contributed by atoms with E-state index in [1.807, 2.05) is 24.3 Å². The van der Waals surface area contributed by atoms with Crippen molar-refractivity contribution in [2.45, 2.75) is 6.54 Å². The molecular weight excluding hydrogens is 267 g/mol. The zero-order valence-electron chi connectivity index (χ0n) is 11.6. The van der Waals surface area contributed by atoms with E-state index in [1.54, 1.807) is 31.4 Å². The summed E-state index contributed by atoms with van der Waals surface area (Å²) in [6.07, 6.45) is 1.70. The van der Waals surface area contributed by atoms with Gasteiger partial charge in [0.2, 0.25) is 0 Å². The van der Waals surface area contributed by atoms with Gasteiger partial charge in [0.05, 0.1) is 5.56 Å². The van der Waals surface area contributed by atoms with Crippen LogP contribution >= 0.6 is 0 Å². The molecule has 4 heteroatoms. The first kappa shape index (κ1) is 13.4. The Bertz CT molecular complexity index is 794. The van der Waals surface area contributed by atoms with E-state index in [0.29, 0.717) is 11.1 Å². The van der Waals surface area contributed by atoms with Crippen LogP contribution in [-0.4, -0.2) is 22.8 Å². The Morgan fingerprint density at radius 3 is 2.67 bits per heavy atom. The number of nitrogens with zero attached hydrogens (tertiary/aromatic N) is 1. The molecule has 1 N–H and O–H groups in total. The number of hydrogen-bond acceptors (Lipinski definition) is 1. The van der Waals surface area contributed by atoms with Crippen molar-refractivity contribution in [1.82, 2.24) is 9.88 Å². The molecule has 1 amide bonds. The smallest absolute Gasteiger partial charge is 0.256 e. The lowest BCUT2D eigenvalue weighted by Gasteiger charge is -2.17. The third-order valence-corrected chi connectivity index (χ3v) is 3.53. The van der Waals surface area contributed by atoms with Crippen molar-refractivity contribution in [2.75, 3.05) is 7.05 Å². The lowest BCUT2D eigenvalue weighted by atomic mass is 10.1. The molecule has 0 radical (unpaired) electrons. The topological polar surface area (TPSA) is 36.1 Å². The molecule has 0 unspecified atom stereocenters. The predicted octanol–water partition coefficient (Wildman–Crippen LogP) is 3.58. The molecule has 0 aliphatic heterocycles. The average Bonchev–Trinajstić information content (AvgIpc) is 2.92. The maximum Gasteiger partial charge on any atom is 0.256 e. The lowest BCUT2D eigenvalue weighted by Crippen LogP contribution is -2.26. The monoisotopic (exact) mass is 282 g/mol. The summed E-state index contributed by atoms with van der Waals surface area (Å²) in [7, 11) is 1.68. The number of aromatic amines is 1. The van der Waals surface area contributed by atoms with Crippen LogP contribution in [0.1, 0.15) is 15.9 Å². The summed E-state index contributed by atoms with van der Waals surface area (Å²) in [5, 5.41) is 0.878. The van der Waals surface area contributed by atoms with Gasteiger partial charge < -0.3 is 9.88 Å². The molecule has 0 aliphatic rings. The summed E-state index contributed by atoms with van der Waals surface area (Å²) < 4.78 is 13.7. The Morgan fingerprint density at radius 2 is 1.86 bits per heavy atom. The number of carbonyl (C=O) groups excluding carboxylic acids is 1. The van der Waals surface area contributed by atoms with Crippen LogP contribution in [0.5, 0.6) is 0 Å².